The van der Waals surface area contributed by atoms with Gasteiger partial charge in [0, 0.05) is 38.0 Å². The highest BCUT2D eigenvalue weighted by Crippen LogP contribution is 2.29. The summed E-state index contributed by atoms with van der Waals surface area (Å²) in [6, 6.07) is 0.328. The van der Waals surface area contributed by atoms with Crippen LogP contribution in [0.2, 0.25) is 0 Å². The molecule has 1 aromatic rings. The third-order valence-corrected chi connectivity index (χ3v) is 4.15. The normalized spacial score (nSPS) is 24.3. The lowest BCUT2D eigenvalue weighted by Crippen LogP contribution is -2.46. The topological polar surface area (TPSA) is 67.3 Å². The summed E-state index contributed by atoms with van der Waals surface area (Å²) in [6.45, 7) is 4.40. The van der Waals surface area contributed by atoms with Gasteiger partial charge in [-0.1, -0.05) is 6.92 Å². The number of nitrogens with two attached hydrogens (primary N) is 1. The van der Waals surface area contributed by atoms with Gasteiger partial charge in [0.25, 0.3) is 0 Å². The van der Waals surface area contributed by atoms with Gasteiger partial charge in [-0.05, 0) is 31.7 Å². The van der Waals surface area contributed by atoms with Gasteiger partial charge in [0.2, 0.25) is 0 Å². The first-order chi connectivity index (χ1) is 9.15. The molecular formula is C14H26N4O. The fourth-order valence-corrected chi connectivity index (χ4v) is 3.04. The van der Waals surface area contributed by atoms with Gasteiger partial charge < -0.3 is 10.8 Å². The number of aliphatic hydroxyl groups excluding tert-OH is 1. The number of aliphatic hydroxyl groups is 1. The van der Waals surface area contributed by atoms with E-state index in [0.717, 1.165) is 32.4 Å². The van der Waals surface area contributed by atoms with E-state index in [-0.39, 0.29) is 18.7 Å². The monoisotopic (exact) mass is 266 g/mol. The molecule has 0 aliphatic carbocycles. The Bertz CT molecular complexity index is 393. The number of nitrogens with zero attached hydrogens (tertiary/aromatic N) is 3. The molecule has 1 saturated heterocycles. The summed E-state index contributed by atoms with van der Waals surface area (Å²) in [5, 5.41) is 13.7. The van der Waals surface area contributed by atoms with Gasteiger partial charge in [0.15, 0.2) is 0 Å². The van der Waals surface area contributed by atoms with Crippen molar-refractivity contribution in [2.75, 3.05) is 19.7 Å². The van der Waals surface area contributed by atoms with Crippen LogP contribution in [0.1, 0.15) is 37.8 Å². The molecule has 2 heterocycles. The fraction of sp³-hybridized carbons (Fsp3) is 0.786. The maximum Gasteiger partial charge on any atom is 0.0538 e. The molecule has 3 atom stereocenters. The van der Waals surface area contributed by atoms with Crippen molar-refractivity contribution in [1.82, 2.24) is 14.7 Å². The summed E-state index contributed by atoms with van der Waals surface area (Å²) in [5.74, 6) is 0.386. The Morgan fingerprint density at radius 2 is 2.37 bits per heavy atom. The number of hydrogen-bond acceptors (Lipinski definition) is 4. The van der Waals surface area contributed by atoms with Crippen LogP contribution in [-0.2, 0) is 7.05 Å². The molecule has 0 spiro atoms. The number of likely N-dealkylation sites (tertiary alicyclic amines) is 1. The summed E-state index contributed by atoms with van der Waals surface area (Å²) >= 11 is 0. The van der Waals surface area contributed by atoms with Crippen LogP contribution in [0.3, 0.4) is 0 Å². The third kappa shape index (κ3) is 3.35. The molecule has 5 nitrogen and oxygen atoms in total. The van der Waals surface area contributed by atoms with Crippen molar-refractivity contribution in [2.24, 2.45) is 18.7 Å². The average Bonchev–Trinajstić information content (AvgIpc) is 2.85. The lowest BCUT2D eigenvalue weighted by Gasteiger charge is -2.40. The first-order valence-corrected chi connectivity index (χ1v) is 7.24. The van der Waals surface area contributed by atoms with Crippen LogP contribution >= 0.6 is 0 Å². The summed E-state index contributed by atoms with van der Waals surface area (Å²) in [7, 11) is 1.94. The van der Waals surface area contributed by atoms with Crippen molar-refractivity contribution in [3.05, 3.63) is 18.0 Å². The fourth-order valence-electron chi connectivity index (χ4n) is 3.04. The predicted molar refractivity (Wildman–Crippen MR) is 75.6 cm³/mol. The average molecular weight is 266 g/mol. The SMILES string of the molecule is CCC(N)C(c1cnn(C)c1)N1CCCC(CO)C1. The molecule has 0 saturated carbocycles. The molecule has 19 heavy (non-hydrogen) atoms. The van der Waals surface area contributed by atoms with Crippen molar-refractivity contribution < 1.29 is 5.11 Å². The van der Waals surface area contributed by atoms with E-state index < -0.39 is 0 Å². The van der Waals surface area contributed by atoms with E-state index in [1.165, 1.54) is 5.56 Å². The van der Waals surface area contributed by atoms with Gasteiger partial charge in [-0.3, -0.25) is 9.58 Å². The van der Waals surface area contributed by atoms with Crippen molar-refractivity contribution >= 4 is 0 Å². The van der Waals surface area contributed by atoms with E-state index in [2.05, 4.69) is 23.1 Å². The minimum Gasteiger partial charge on any atom is -0.396 e. The summed E-state index contributed by atoms with van der Waals surface area (Å²) in [5.41, 5.74) is 7.53. The third-order valence-electron chi connectivity index (χ3n) is 4.15. The Balaban J connectivity index is 2.17. The largest absolute Gasteiger partial charge is 0.396 e. The second-order valence-corrected chi connectivity index (χ2v) is 5.65. The highest BCUT2D eigenvalue weighted by molar-refractivity contribution is 5.13. The Morgan fingerprint density at radius 3 is 2.95 bits per heavy atom. The molecule has 5 heteroatoms. The van der Waals surface area contributed by atoms with Gasteiger partial charge in [-0.15, -0.1) is 0 Å². The Labute approximate surface area is 115 Å². The molecule has 0 radical (unpaired) electrons. The van der Waals surface area contributed by atoms with Gasteiger partial charge in [0.1, 0.15) is 0 Å². The van der Waals surface area contributed by atoms with Gasteiger partial charge >= 0.3 is 0 Å². The van der Waals surface area contributed by atoms with Crippen molar-refractivity contribution in [3.8, 4) is 0 Å². The lowest BCUT2D eigenvalue weighted by molar-refractivity contribution is 0.0763. The molecular weight excluding hydrogens is 240 g/mol. The van der Waals surface area contributed by atoms with E-state index in [1.54, 1.807) is 0 Å². The smallest absolute Gasteiger partial charge is 0.0538 e. The molecule has 3 N–H and O–H groups in total. The second-order valence-electron chi connectivity index (χ2n) is 5.65. The molecule has 3 unspecified atom stereocenters. The van der Waals surface area contributed by atoms with Gasteiger partial charge in [-0.2, -0.15) is 5.10 Å². The zero-order valence-corrected chi connectivity index (χ0v) is 12.0. The van der Waals surface area contributed by atoms with Crippen molar-refractivity contribution in [1.29, 1.82) is 0 Å². The Hall–Kier alpha value is -0.910. The van der Waals surface area contributed by atoms with E-state index in [0.29, 0.717) is 5.92 Å². The first kappa shape index (κ1) is 14.5. The molecule has 1 aliphatic heterocycles. The molecule has 2 rings (SSSR count). The number of rotatable bonds is 5. The lowest BCUT2D eigenvalue weighted by atomic mass is 9.92. The minimum atomic E-state index is 0.113. The van der Waals surface area contributed by atoms with Crippen LogP contribution in [0.15, 0.2) is 12.4 Å². The van der Waals surface area contributed by atoms with Crippen LogP contribution in [-0.4, -0.2) is 45.5 Å². The van der Waals surface area contributed by atoms with Crippen LogP contribution in [0.25, 0.3) is 0 Å². The maximum atomic E-state index is 9.39. The highest BCUT2D eigenvalue weighted by Gasteiger charge is 2.30. The summed E-state index contributed by atoms with van der Waals surface area (Å²) in [4.78, 5) is 2.43. The molecule has 1 fully saturated rings. The molecule has 1 aromatic heterocycles. The second kappa shape index (κ2) is 6.50. The van der Waals surface area contributed by atoms with Crippen molar-refractivity contribution in [3.63, 3.8) is 0 Å². The van der Waals surface area contributed by atoms with Crippen LogP contribution in [0, 0.1) is 5.92 Å². The number of piperidine rings is 1. The van der Waals surface area contributed by atoms with Crippen molar-refractivity contribution in [2.45, 2.75) is 38.3 Å². The number of aromatic nitrogens is 2. The predicted octanol–water partition coefficient (Wildman–Crippen LogP) is 0.903. The molecule has 0 bridgehead atoms. The van der Waals surface area contributed by atoms with Gasteiger partial charge in [-0.25, -0.2) is 0 Å². The zero-order valence-electron chi connectivity index (χ0n) is 12.0. The molecule has 0 amide bonds. The zero-order chi connectivity index (χ0) is 13.8. The van der Waals surface area contributed by atoms with Gasteiger partial charge in [0.05, 0.1) is 12.2 Å². The summed E-state index contributed by atoms with van der Waals surface area (Å²) < 4.78 is 1.83. The van der Waals surface area contributed by atoms with Crippen LogP contribution in [0.4, 0.5) is 0 Å². The highest BCUT2D eigenvalue weighted by atomic mass is 16.3. The standard InChI is InChI=1S/C14H26N4O/c1-3-13(15)14(12-7-16-17(2)9-12)18-6-4-5-11(8-18)10-19/h7,9,11,13-14,19H,3-6,8,10,15H2,1-2H3. The number of aryl methyl sites for hydroxylation is 1. The Morgan fingerprint density at radius 1 is 1.58 bits per heavy atom. The minimum absolute atomic E-state index is 0.113. The maximum absolute atomic E-state index is 9.39. The molecule has 1 aliphatic rings. The van der Waals surface area contributed by atoms with E-state index >= 15 is 0 Å². The van der Waals surface area contributed by atoms with E-state index in [9.17, 15) is 5.11 Å². The quantitative estimate of drug-likeness (QED) is 0.831. The summed E-state index contributed by atoms with van der Waals surface area (Å²) in [6.07, 6.45) is 7.18. The molecule has 0 aromatic carbocycles. The van der Waals surface area contributed by atoms with Crippen LogP contribution < -0.4 is 5.73 Å². The molecule has 108 valence electrons. The first-order valence-electron chi connectivity index (χ1n) is 7.24. The Kier molecular flexibility index (Phi) is 4.96. The van der Waals surface area contributed by atoms with E-state index in [4.69, 9.17) is 5.73 Å². The van der Waals surface area contributed by atoms with E-state index in [1.807, 2.05) is 17.9 Å². The number of hydrogen-bond donors (Lipinski definition) is 2. The van der Waals surface area contributed by atoms with Crippen LogP contribution in [0.5, 0.6) is 0 Å².